The van der Waals surface area contributed by atoms with Gasteiger partial charge in [-0.25, -0.2) is 0 Å². The number of nitrogens with zero attached hydrogens (tertiary/aromatic N) is 3. The summed E-state index contributed by atoms with van der Waals surface area (Å²) in [5.74, 6) is -0.334. The molecular weight excluding hydrogens is 284 g/mol. The molecule has 1 amide bonds. The molecule has 116 valence electrons. The predicted molar refractivity (Wildman–Crippen MR) is 81.9 cm³/mol. The van der Waals surface area contributed by atoms with Crippen molar-refractivity contribution in [1.82, 2.24) is 15.1 Å². The van der Waals surface area contributed by atoms with Crippen LogP contribution in [0, 0.1) is 30.9 Å². The van der Waals surface area contributed by atoms with Gasteiger partial charge in [-0.2, -0.15) is 4.68 Å². The molecule has 0 atom stereocenters. The van der Waals surface area contributed by atoms with Crippen LogP contribution >= 0.6 is 0 Å². The first-order chi connectivity index (χ1) is 10.4. The number of nitrogens with one attached hydrogen (secondary N) is 1. The third-order valence-electron chi connectivity index (χ3n) is 3.40. The van der Waals surface area contributed by atoms with E-state index in [4.69, 9.17) is 0 Å². The van der Waals surface area contributed by atoms with Crippen molar-refractivity contribution in [1.29, 1.82) is 0 Å². The monoisotopic (exact) mass is 302 g/mol. The van der Waals surface area contributed by atoms with Crippen LogP contribution in [-0.4, -0.2) is 27.2 Å². The highest BCUT2D eigenvalue weighted by Crippen LogP contribution is 2.11. The molecule has 1 N–H and O–H groups in total. The summed E-state index contributed by atoms with van der Waals surface area (Å²) < 4.78 is 1.52. The van der Waals surface area contributed by atoms with Gasteiger partial charge in [-0.1, -0.05) is 17.7 Å². The van der Waals surface area contributed by atoms with Gasteiger partial charge < -0.3 is 15.4 Å². The molecule has 0 aliphatic heterocycles. The molecule has 1 aromatic heterocycles. The van der Waals surface area contributed by atoms with Gasteiger partial charge in [-0.05, 0) is 37.3 Å². The molecule has 0 unspecified atom stereocenters. The Morgan fingerprint density at radius 2 is 2.05 bits per heavy atom. The number of amides is 1. The summed E-state index contributed by atoms with van der Waals surface area (Å²) in [4.78, 5) is 22.3. The maximum absolute atomic E-state index is 12.2. The van der Waals surface area contributed by atoms with Gasteiger partial charge in [0.05, 0.1) is 23.4 Å². The van der Waals surface area contributed by atoms with E-state index in [2.05, 4.69) is 10.4 Å². The van der Waals surface area contributed by atoms with E-state index in [1.165, 1.54) is 10.7 Å². The standard InChI is InChI=1S/C15H18N4O3/c1-10-4-5-11(2)13(8-10)15(20)16-6-7-18-12(3)9-14(17-18)19(21)22/h4-5,8-9H,6-7H2,1-3H3,(H,16,20). The zero-order chi connectivity index (χ0) is 16.3. The third-order valence-corrected chi connectivity index (χ3v) is 3.40. The summed E-state index contributed by atoms with van der Waals surface area (Å²) in [6.45, 7) is 6.30. The summed E-state index contributed by atoms with van der Waals surface area (Å²) in [5.41, 5.74) is 3.26. The first kappa shape index (κ1) is 15.7. The number of aromatic nitrogens is 2. The van der Waals surface area contributed by atoms with Crippen molar-refractivity contribution >= 4 is 11.7 Å². The Bertz CT molecular complexity index is 722. The van der Waals surface area contributed by atoms with Gasteiger partial charge in [-0.15, -0.1) is 0 Å². The van der Waals surface area contributed by atoms with Crippen molar-refractivity contribution < 1.29 is 9.72 Å². The number of carbonyl (C=O) groups is 1. The van der Waals surface area contributed by atoms with E-state index in [-0.39, 0.29) is 11.7 Å². The lowest BCUT2D eigenvalue weighted by Crippen LogP contribution is -2.28. The number of benzene rings is 1. The molecule has 0 saturated heterocycles. The van der Waals surface area contributed by atoms with Gasteiger partial charge in [0.25, 0.3) is 5.91 Å². The Hall–Kier alpha value is -2.70. The number of nitro groups is 1. The highest BCUT2D eigenvalue weighted by molar-refractivity contribution is 5.95. The van der Waals surface area contributed by atoms with Crippen molar-refractivity contribution in [2.45, 2.75) is 27.3 Å². The summed E-state index contributed by atoms with van der Waals surface area (Å²) in [6.07, 6.45) is 0. The van der Waals surface area contributed by atoms with Crippen molar-refractivity contribution in [3.63, 3.8) is 0 Å². The Morgan fingerprint density at radius 1 is 1.32 bits per heavy atom. The van der Waals surface area contributed by atoms with Gasteiger partial charge in [0, 0.05) is 12.1 Å². The molecule has 0 aliphatic rings. The molecule has 2 aromatic rings. The largest absolute Gasteiger partial charge is 0.390 e. The first-order valence-corrected chi connectivity index (χ1v) is 6.93. The average Bonchev–Trinajstić information content (AvgIpc) is 2.83. The maximum atomic E-state index is 12.2. The van der Waals surface area contributed by atoms with Crippen LogP contribution in [0.5, 0.6) is 0 Å². The van der Waals surface area contributed by atoms with E-state index in [0.717, 1.165) is 11.1 Å². The van der Waals surface area contributed by atoms with Crippen LogP contribution in [0.1, 0.15) is 27.2 Å². The molecular formula is C15H18N4O3. The SMILES string of the molecule is Cc1ccc(C)c(C(=O)NCCn2nc([N+](=O)[O-])cc2C)c1. The molecule has 0 fully saturated rings. The minimum absolute atomic E-state index is 0.152. The lowest BCUT2D eigenvalue weighted by atomic mass is 10.1. The van der Waals surface area contributed by atoms with Gasteiger partial charge in [0.1, 0.15) is 0 Å². The molecule has 1 heterocycles. The van der Waals surface area contributed by atoms with Crippen LogP contribution in [0.2, 0.25) is 0 Å². The quantitative estimate of drug-likeness (QED) is 0.677. The van der Waals surface area contributed by atoms with Gasteiger partial charge >= 0.3 is 5.82 Å². The first-order valence-electron chi connectivity index (χ1n) is 6.93. The zero-order valence-electron chi connectivity index (χ0n) is 12.8. The van der Waals surface area contributed by atoms with E-state index < -0.39 is 4.92 Å². The normalized spacial score (nSPS) is 10.5. The van der Waals surface area contributed by atoms with Crippen molar-refractivity contribution in [2.24, 2.45) is 0 Å². The molecule has 0 radical (unpaired) electrons. The second-order valence-corrected chi connectivity index (χ2v) is 5.20. The number of rotatable bonds is 5. The summed E-state index contributed by atoms with van der Waals surface area (Å²) in [5, 5.41) is 17.4. The van der Waals surface area contributed by atoms with Gasteiger partial charge in [-0.3, -0.25) is 4.79 Å². The molecule has 0 bridgehead atoms. The van der Waals surface area contributed by atoms with Gasteiger partial charge in [0.15, 0.2) is 0 Å². The Balaban J connectivity index is 1.97. The smallest absolute Gasteiger partial charge is 0.358 e. The van der Waals surface area contributed by atoms with Crippen LogP contribution in [0.15, 0.2) is 24.3 Å². The predicted octanol–water partition coefficient (Wildman–Crippen LogP) is 2.15. The molecule has 0 saturated carbocycles. The number of hydrogen-bond acceptors (Lipinski definition) is 4. The van der Waals surface area contributed by atoms with Crippen LogP contribution in [-0.2, 0) is 6.54 Å². The Morgan fingerprint density at radius 3 is 2.68 bits per heavy atom. The third kappa shape index (κ3) is 3.49. The lowest BCUT2D eigenvalue weighted by molar-refractivity contribution is -0.389. The highest BCUT2D eigenvalue weighted by atomic mass is 16.6. The summed E-state index contributed by atoms with van der Waals surface area (Å²) >= 11 is 0. The van der Waals surface area contributed by atoms with Crippen molar-refractivity contribution in [3.8, 4) is 0 Å². The summed E-state index contributed by atoms with van der Waals surface area (Å²) in [7, 11) is 0. The van der Waals surface area contributed by atoms with Crippen LogP contribution < -0.4 is 5.32 Å². The average molecular weight is 302 g/mol. The van der Waals surface area contributed by atoms with Crippen LogP contribution in [0.4, 0.5) is 5.82 Å². The second kappa shape index (κ2) is 6.38. The fourth-order valence-corrected chi connectivity index (χ4v) is 2.16. The molecule has 0 spiro atoms. The molecule has 0 aliphatic carbocycles. The van der Waals surface area contributed by atoms with E-state index in [1.807, 2.05) is 32.0 Å². The molecule has 2 rings (SSSR count). The Kier molecular flexibility index (Phi) is 4.55. The molecule has 1 aromatic carbocycles. The second-order valence-electron chi connectivity index (χ2n) is 5.20. The molecule has 7 heteroatoms. The van der Waals surface area contributed by atoms with E-state index in [1.54, 1.807) is 6.92 Å². The van der Waals surface area contributed by atoms with Crippen molar-refractivity contribution in [3.05, 3.63) is 56.8 Å². The van der Waals surface area contributed by atoms with Crippen molar-refractivity contribution in [2.75, 3.05) is 6.54 Å². The molecule has 7 nitrogen and oxygen atoms in total. The fraction of sp³-hybridized carbons (Fsp3) is 0.333. The minimum Gasteiger partial charge on any atom is -0.358 e. The highest BCUT2D eigenvalue weighted by Gasteiger charge is 2.15. The maximum Gasteiger partial charge on any atom is 0.390 e. The van der Waals surface area contributed by atoms with Crippen LogP contribution in [0.3, 0.4) is 0 Å². The van der Waals surface area contributed by atoms with E-state index in [0.29, 0.717) is 24.3 Å². The number of aryl methyl sites for hydroxylation is 3. The summed E-state index contributed by atoms with van der Waals surface area (Å²) in [6, 6.07) is 7.12. The fourth-order valence-electron chi connectivity index (χ4n) is 2.16. The zero-order valence-corrected chi connectivity index (χ0v) is 12.8. The minimum atomic E-state index is -0.530. The number of carbonyl (C=O) groups excluding carboxylic acids is 1. The topological polar surface area (TPSA) is 90.1 Å². The van der Waals surface area contributed by atoms with E-state index in [9.17, 15) is 14.9 Å². The number of hydrogen-bond donors (Lipinski definition) is 1. The Labute approximate surface area is 128 Å². The molecule has 22 heavy (non-hydrogen) atoms. The van der Waals surface area contributed by atoms with E-state index >= 15 is 0 Å². The van der Waals surface area contributed by atoms with Crippen LogP contribution in [0.25, 0.3) is 0 Å². The van der Waals surface area contributed by atoms with Gasteiger partial charge in [0.2, 0.25) is 0 Å². The lowest BCUT2D eigenvalue weighted by Gasteiger charge is -2.08.